The predicted octanol–water partition coefficient (Wildman–Crippen LogP) is 3.33. The Bertz CT molecular complexity index is 500. The molecule has 3 heteroatoms. The molecule has 0 amide bonds. The summed E-state index contributed by atoms with van der Waals surface area (Å²) in [6.45, 7) is 3.34. The van der Waals surface area contributed by atoms with Crippen molar-refractivity contribution in [2.24, 2.45) is 0 Å². The van der Waals surface area contributed by atoms with E-state index < -0.39 is 0 Å². The molecule has 0 bridgehead atoms. The summed E-state index contributed by atoms with van der Waals surface area (Å²) in [4.78, 5) is 2.67. The maximum atomic E-state index is 6.56. The van der Waals surface area contributed by atoms with Gasteiger partial charge in [0.2, 0.25) is 0 Å². The van der Waals surface area contributed by atoms with Gasteiger partial charge < -0.3 is 10.2 Å². The van der Waals surface area contributed by atoms with E-state index >= 15 is 0 Å². The number of hydrogen-bond donors (Lipinski definition) is 1. The van der Waals surface area contributed by atoms with Gasteiger partial charge in [0.05, 0.1) is 0 Å². The third-order valence-electron chi connectivity index (χ3n) is 5.14. The molecule has 3 aliphatic rings. The maximum Gasteiger partial charge on any atom is 0.0462 e. The van der Waals surface area contributed by atoms with E-state index in [9.17, 15) is 0 Å². The fourth-order valence-corrected chi connectivity index (χ4v) is 4.63. The molecule has 19 heavy (non-hydrogen) atoms. The largest absolute Gasteiger partial charge is 0.366 e. The molecule has 2 heterocycles. The maximum absolute atomic E-state index is 6.56. The molecule has 0 saturated heterocycles. The van der Waals surface area contributed by atoms with Crippen LogP contribution in [0.15, 0.2) is 12.1 Å². The van der Waals surface area contributed by atoms with Gasteiger partial charge in [0, 0.05) is 35.8 Å². The molecule has 0 radical (unpaired) electrons. The Hall–Kier alpha value is -0.730. The molecule has 1 aromatic rings. The summed E-state index contributed by atoms with van der Waals surface area (Å²) in [5.41, 5.74) is 4.48. The van der Waals surface area contributed by atoms with Crippen LogP contribution < -0.4 is 10.2 Å². The van der Waals surface area contributed by atoms with Gasteiger partial charge in [-0.25, -0.2) is 0 Å². The van der Waals surface area contributed by atoms with Crippen molar-refractivity contribution in [1.29, 1.82) is 0 Å². The first-order chi connectivity index (χ1) is 9.36. The van der Waals surface area contributed by atoms with Crippen molar-refractivity contribution in [2.75, 3.05) is 24.5 Å². The van der Waals surface area contributed by atoms with Gasteiger partial charge in [0.1, 0.15) is 0 Å². The average Bonchev–Trinajstić information content (AvgIpc) is 2.73. The van der Waals surface area contributed by atoms with Gasteiger partial charge in [-0.05, 0) is 43.0 Å². The predicted molar refractivity (Wildman–Crippen MR) is 80.4 cm³/mol. The van der Waals surface area contributed by atoms with Gasteiger partial charge >= 0.3 is 0 Å². The molecule has 2 nitrogen and oxygen atoms in total. The van der Waals surface area contributed by atoms with Gasteiger partial charge in [-0.15, -0.1) is 0 Å². The van der Waals surface area contributed by atoms with Crippen molar-refractivity contribution in [3.8, 4) is 0 Å². The molecule has 4 rings (SSSR count). The van der Waals surface area contributed by atoms with Crippen molar-refractivity contribution < 1.29 is 0 Å². The number of anilines is 1. The molecule has 1 saturated carbocycles. The Kier molecular flexibility index (Phi) is 2.96. The SMILES string of the molecule is Clc1ccc2c3c1[C@H]1CCCCC1N3CCNCC2. The van der Waals surface area contributed by atoms with Gasteiger partial charge in [-0.2, -0.15) is 0 Å². The quantitative estimate of drug-likeness (QED) is 0.782. The first-order valence-electron chi connectivity index (χ1n) is 7.65. The van der Waals surface area contributed by atoms with Crippen LogP contribution in [0, 0.1) is 0 Å². The van der Waals surface area contributed by atoms with Crippen LogP contribution in [0.4, 0.5) is 5.69 Å². The number of rotatable bonds is 0. The highest BCUT2D eigenvalue weighted by Gasteiger charge is 2.42. The lowest BCUT2D eigenvalue weighted by Crippen LogP contribution is -2.41. The highest BCUT2D eigenvalue weighted by molar-refractivity contribution is 6.32. The van der Waals surface area contributed by atoms with E-state index in [0.717, 1.165) is 31.1 Å². The minimum atomic E-state index is 0.689. The van der Waals surface area contributed by atoms with Crippen LogP contribution in [-0.4, -0.2) is 25.7 Å². The Labute approximate surface area is 120 Å². The third-order valence-corrected chi connectivity index (χ3v) is 5.47. The lowest BCUT2D eigenvalue weighted by molar-refractivity contribution is 0.384. The molecular formula is C16H21ClN2. The Morgan fingerprint density at radius 1 is 1.16 bits per heavy atom. The van der Waals surface area contributed by atoms with Crippen LogP contribution in [0.5, 0.6) is 0 Å². The topological polar surface area (TPSA) is 15.3 Å². The molecule has 1 fully saturated rings. The standard InChI is InChI=1S/C16H21ClN2/c17-13-6-5-11-7-8-18-9-10-19-14-4-2-1-3-12(14)15(13)16(11)19/h5-6,12,14,18H,1-4,7-10H2/t12-,14?/m0/s1. The van der Waals surface area contributed by atoms with Crippen LogP contribution in [0.25, 0.3) is 0 Å². The monoisotopic (exact) mass is 276 g/mol. The smallest absolute Gasteiger partial charge is 0.0462 e. The van der Waals surface area contributed by atoms with Crippen LogP contribution in [0.3, 0.4) is 0 Å². The zero-order chi connectivity index (χ0) is 12.8. The molecule has 102 valence electrons. The fourth-order valence-electron chi connectivity index (χ4n) is 4.33. The second kappa shape index (κ2) is 4.68. The van der Waals surface area contributed by atoms with Crippen LogP contribution in [0.1, 0.15) is 42.7 Å². The summed E-state index contributed by atoms with van der Waals surface area (Å²) in [6.07, 6.45) is 6.55. The molecular weight excluding hydrogens is 256 g/mol. The normalized spacial score (nSPS) is 29.4. The summed E-state index contributed by atoms with van der Waals surface area (Å²) in [5.74, 6) is 0.689. The number of nitrogens with zero attached hydrogens (tertiary/aromatic N) is 1. The Morgan fingerprint density at radius 2 is 2.05 bits per heavy atom. The minimum absolute atomic E-state index is 0.689. The molecule has 1 unspecified atom stereocenters. The lowest BCUT2D eigenvalue weighted by Gasteiger charge is -2.35. The van der Waals surface area contributed by atoms with E-state index in [2.05, 4.69) is 22.3 Å². The molecule has 0 spiro atoms. The number of nitrogens with one attached hydrogen (secondary N) is 1. The van der Waals surface area contributed by atoms with E-state index in [4.69, 9.17) is 11.6 Å². The minimum Gasteiger partial charge on any atom is -0.366 e. The van der Waals surface area contributed by atoms with Gasteiger partial charge in [-0.3, -0.25) is 0 Å². The average molecular weight is 277 g/mol. The van der Waals surface area contributed by atoms with Gasteiger partial charge in [0.25, 0.3) is 0 Å². The van der Waals surface area contributed by atoms with Crippen molar-refractivity contribution in [3.05, 3.63) is 28.3 Å². The van der Waals surface area contributed by atoms with Crippen molar-refractivity contribution in [3.63, 3.8) is 0 Å². The highest BCUT2D eigenvalue weighted by Crippen LogP contribution is 2.51. The molecule has 1 aromatic carbocycles. The van der Waals surface area contributed by atoms with E-state index in [-0.39, 0.29) is 0 Å². The molecule has 0 aromatic heterocycles. The number of halogens is 1. The second-order valence-electron chi connectivity index (χ2n) is 6.12. The summed E-state index contributed by atoms with van der Waals surface area (Å²) < 4.78 is 0. The number of fused-ring (bicyclic) bond motifs is 3. The fraction of sp³-hybridized carbons (Fsp3) is 0.625. The van der Waals surface area contributed by atoms with E-state index in [1.807, 2.05) is 0 Å². The number of benzene rings is 1. The molecule has 2 atom stereocenters. The Balaban J connectivity index is 1.88. The van der Waals surface area contributed by atoms with E-state index in [0.29, 0.717) is 12.0 Å². The van der Waals surface area contributed by atoms with Crippen molar-refractivity contribution in [2.45, 2.75) is 44.1 Å². The van der Waals surface area contributed by atoms with Crippen LogP contribution in [0.2, 0.25) is 5.02 Å². The Morgan fingerprint density at radius 3 is 3.00 bits per heavy atom. The highest BCUT2D eigenvalue weighted by atomic mass is 35.5. The van der Waals surface area contributed by atoms with Crippen molar-refractivity contribution >= 4 is 17.3 Å². The second-order valence-corrected chi connectivity index (χ2v) is 6.53. The third kappa shape index (κ3) is 1.80. The summed E-state index contributed by atoms with van der Waals surface area (Å²) in [5, 5.41) is 4.56. The molecule has 1 N–H and O–H groups in total. The summed E-state index contributed by atoms with van der Waals surface area (Å²) in [6, 6.07) is 5.09. The lowest BCUT2D eigenvalue weighted by atomic mass is 9.82. The first kappa shape index (κ1) is 12.0. The van der Waals surface area contributed by atoms with Gasteiger partial charge in [-0.1, -0.05) is 30.5 Å². The first-order valence-corrected chi connectivity index (χ1v) is 8.02. The zero-order valence-corrected chi connectivity index (χ0v) is 12.0. The van der Waals surface area contributed by atoms with Crippen molar-refractivity contribution in [1.82, 2.24) is 5.32 Å². The molecule has 1 aliphatic carbocycles. The van der Waals surface area contributed by atoms with E-state index in [1.54, 1.807) is 0 Å². The van der Waals surface area contributed by atoms with E-state index in [1.165, 1.54) is 42.5 Å². The molecule has 2 aliphatic heterocycles. The summed E-state index contributed by atoms with van der Waals surface area (Å²) >= 11 is 6.56. The zero-order valence-electron chi connectivity index (χ0n) is 11.3. The van der Waals surface area contributed by atoms with Crippen LogP contribution >= 0.6 is 11.6 Å². The van der Waals surface area contributed by atoms with Gasteiger partial charge in [0.15, 0.2) is 0 Å². The van der Waals surface area contributed by atoms with Crippen LogP contribution in [-0.2, 0) is 6.42 Å². The number of hydrogen-bond acceptors (Lipinski definition) is 2. The summed E-state index contributed by atoms with van der Waals surface area (Å²) in [7, 11) is 0.